The van der Waals surface area contributed by atoms with Gasteiger partial charge < -0.3 is 20.6 Å². The molecular formula is C19H19Cl2N5O3S. The summed E-state index contributed by atoms with van der Waals surface area (Å²) in [6.07, 6.45) is 1.58. The number of benzene rings is 2. The van der Waals surface area contributed by atoms with Crippen molar-refractivity contribution in [1.29, 1.82) is 0 Å². The van der Waals surface area contributed by atoms with Crippen LogP contribution >= 0.6 is 35.0 Å². The van der Waals surface area contributed by atoms with Crippen molar-refractivity contribution >= 4 is 40.9 Å². The van der Waals surface area contributed by atoms with Crippen molar-refractivity contribution in [2.75, 3.05) is 19.1 Å². The van der Waals surface area contributed by atoms with Gasteiger partial charge in [-0.05, 0) is 29.3 Å². The Labute approximate surface area is 187 Å². The molecule has 0 fully saturated rings. The molecule has 0 spiro atoms. The van der Waals surface area contributed by atoms with E-state index in [0.29, 0.717) is 33.2 Å². The van der Waals surface area contributed by atoms with E-state index in [9.17, 15) is 4.79 Å². The number of ether oxygens (including phenoxy) is 2. The van der Waals surface area contributed by atoms with Crippen LogP contribution in [0.15, 0.2) is 47.9 Å². The highest BCUT2D eigenvalue weighted by Gasteiger charge is 2.14. The molecule has 0 aliphatic carbocycles. The number of hydrogen-bond donors (Lipinski definition) is 2. The lowest BCUT2D eigenvalue weighted by molar-refractivity contribution is -0.119. The van der Waals surface area contributed by atoms with Crippen molar-refractivity contribution < 1.29 is 14.3 Å². The van der Waals surface area contributed by atoms with Gasteiger partial charge in [-0.25, -0.2) is 4.68 Å². The Morgan fingerprint density at radius 2 is 2.07 bits per heavy atom. The Kier molecular flexibility index (Phi) is 7.67. The smallest absolute Gasteiger partial charge is 0.255 e. The van der Waals surface area contributed by atoms with Crippen molar-refractivity contribution in [2.24, 2.45) is 5.73 Å². The minimum absolute atomic E-state index is 0.266. The molecule has 3 N–H and O–H groups in total. The Morgan fingerprint density at radius 3 is 2.80 bits per heavy atom. The number of carbonyl (C=O) groups is 1. The van der Waals surface area contributed by atoms with Crippen LogP contribution in [-0.2, 0) is 17.1 Å². The molecule has 30 heavy (non-hydrogen) atoms. The summed E-state index contributed by atoms with van der Waals surface area (Å²) in [6.45, 7) is 0.129. The molecule has 0 aliphatic heterocycles. The van der Waals surface area contributed by atoms with Crippen LogP contribution in [0.2, 0.25) is 10.0 Å². The SMILES string of the molecule is COc1cc(CNn2cnnc2SCc2ccccc2Cl)cc(Cl)c1OCC(N)=O. The Morgan fingerprint density at radius 1 is 1.27 bits per heavy atom. The maximum atomic E-state index is 11.0. The third kappa shape index (κ3) is 5.71. The van der Waals surface area contributed by atoms with Gasteiger partial charge in [0.2, 0.25) is 5.16 Å². The quantitative estimate of drug-likeness (QED) is 0.439. The van der Waals surface area contributed by atoms with Crippen LogP contribution in [0.25, 0.3) is 0 Å². The summed E-state index contributed by atoms with van der Waals surface area (Å²) in [7, 11) is 1.49. The molecule has 158 valence electrons. The van der Waals surface area contributed by atoms with Crippen LogP contribution in [0.5, 0.6) is 11.5 Å². The maximum Gasteiger partial charge on any atom is 0.255 e. The molecule has 0 saturated carbocycles. The molecule has 1 heterocycles. The summed E-state index contributed by atoms with van der Waals surface area (Å²) in [6, 6.07) is 11.1. The summed E-state index contributed by atoms with van der Waals surface area (Å²) in [5.74, 6) is 0.721. The lowest BCUT2D eigenvalue weighted by Gasteiger charge is -2.14. The average Bonchev–Trinajstić information content (AvgIpc) is 3.17. The molecule has 8 nitrogen and oxygen atoms in total. The highest BCUT2D eigenvalue weighted by molar-refractivity contribution is 7.98. The first-order valence-electron chi connectivity index (χ1n) is 8.75. The fourth-order valence-corrected chi connectivity index (χ4v) is 3.99. The molecule has 1 amide bonds. The number of carbonyl (C=O) groups excluding carboxylic acids is 1. The van der Waals surface area contributed by atoms with E-state index in [0.717, 1.165) is 11.1 Å². The summed E-state index contributed by atoms with van der Waals surface area (Å²) in [5, 5.41) is 9.80. The topological polar surface area (TPSA) is 104 Å². The van der Waals surface area contributed by atoms with E-state index in [4.69, 9.17) is 38.4 Å². The molecule has 3 rings (SSSR count). The van der Waals surface area contributed by atoms with Gasteiger partial charge in [-0.1, -0.05) is 53.2 Å². The lowest BCUT2D eigenvalue weighted by Crippen LogP contribution is -2.20. The monoisotopic (exact) mass is 467 g/mol. The first kappa shape index (κ1) is 22.1. The second-order valence-corrected chi connectivity index (χ2v) is 7.82. The Balaban J connectivity index is 1.66. The standard InChI is InChI=1S/C19H19Cl2N5O3S/c1-28-16-7-12(6-15(21)18(16)29-9-17(22)27)8-24-26-11-23-25-19(26)30-10-13-4-2-3-5-14(13)20/h2-7,11,24H,8-10H2,1H3,(H2,22,27). The van der Waals surface area contributed by atoms with Crippen LogP contribution < -0.4 is 20.6 Å². The second kappa shape index (κ2) is 10.4. The van der Waals surface area contributed by atoms with E-state index in [1.807, 2.05) is 24.3 Å². The predicted octanol–water partition coefficient (Wildman–Crippen LogP) is 3.49. The van der Waals surface area contributed by atoms with Gasteiger partial charge in [0.15, 0.2) is 18.1 Å². The van der Waals surface area contributed by atoms with Crippen LogP contribution in [0, 0.1) is 0 Å². The molecule has 2 aromatic carbocycles. The summed E-state index contributed by atoms with van der Waals surface area (Å²) >= 11 is 14.0. The van der Waals surface area contributed by atoms with Gasteiger partial charge >= 0.3 is 0 Å². The number of amides is 1. The number of hydrogen-bond acceptors (Lipinski definition) is 7. The molecule has 0 aliphatic rings. The number of rotatable bonds is 10. The van der Waals surface area contributed by atoms with Gasteiger partial charge in [-0.15, -0.1) is 10.2 Å². The molecular weight excluding hydrogens is 449 g/mol. The molecule has 0 bridgehead atoms. The average molecular weight is 468 g/mol. The molecule has 0 saturated heterocycles. The minimum Gasteiger partial charge on any atom is -0.493 e. The van der Waals surface area contributed by atoms with Crippen molar-refractivity contribution in [2.45, 2.75) is 17.5 Å². The molecule has 0 radical (unpaired) electrons. The normalized spacial score (nSPS) is 10.6. The van der Waals surface area contributed by atoms with Crippen LogP contribution in [0.4, 0.5) is 0 Å². The fraction of sp³-hybridized carbons (Fsp3) is 0.211. The number of nitrogens with two attached hydrogens (primary N) is 1. The van der Waals surface area contributed by atoms with E-state index in [1.54, 1.807) is 23.1 Å². The van der Waals surface area contributed by atoms with Crippen LogP contribution in [0.3, 0.4) is 0 Å². The lowest BCUT2D eigenvalue weighted by atomic mass is 10.2. The van der Waals surface area contributed by atoms with E-state index in [1.165, 1.54) is 18.9 Å². The second-order valence-electron chi connectivity index (χ2n) is 6.06. The van der Waals surface area contributed by atoms with Gasteiger partial charge in [0.1, 0.15) is 6.33 Å². The van der Waals surface area contributed by atoms with Gasteiger partial charge in [0.25, 0.3) is 5.91 Å². The highest BCUT2D eigenvalue weighted by atomic mass is 35.5. The van der Waals surface area contributed by atoms with Crippen molar-refractivity contribution in [1.82, 2.24) is 14.9 Å². The zero-order valence-corrected chi connectivity index (χ0v) is 18.3. The largest absolute Gasteiger partial charge is 0.493 e. The Hall–Kier alpha value is -2.62. The number of aromatic nitrogens is 3. The van der Waals surface area contributed by atoms with Gasteiger partial charge in [0.05, 0.1) is 18.7 Å². The van der Waals surface area contributed by atoms with Crippen molar-refractivity contribution in [3.05, 3.63) is 63.9 Å². The summed E-state index contributed by atoms with van der Waals surface area (Å²) in [4.78, 5) is 11.0. The summed E-state index contributed by atoms with van der Waals surface area (Å²) < 4.78 is 12.4. The zero-order chi connectivity index (χ0) is 21.5. The van der Waals surface area contributed by atoms with E-state index < -0.39 is 5.91 Å². The Bertz CT molecular complexity index is 1030. The van der Waals surface area contributed by atoms with Gasteiger partial charge in [-0.2, -0.15) is 0 Å². The fourth-order valence-electron chi connectivity index (χ4n) is 2.52. The third-order valence-electron chi connectivity index (χ3n) is 3.93. The molecule has 1 aromatic heterocycles. The number of nitrogens with one attached hydrogen (secondary N) is 1. The van der Waals surface area contributed by atoms with Crippen molar-refractivity contribution in [3.8, 4) is 11.5 Å². The highest BCUT2D eigenvalue weighted by Crippen LogP contribution is 2.36. The number of halogens is 2. The number of primary amides is 1. The van der Waals surface area contributed by atoms with Gasteiger partial charge in [-0.3, -0.25) is 4.79 Å². The first-order valence-corrected chi connectivity index (χ1v) is 10.5. The number of methoxy groups -OCH3 is 1. The van der Waals surface area contributed by atoms with Crippen LogP contribution in [0.1, 0.15) is 11.1 Å². The van der Waals surface area contributed by atoms with Crippen molar-refractivity contribution in [3.63, 3.8) is 0 Å². The molecule has 3 aromatic rings. The first-order chi connectivity index (χ1) is 14.5. The zero-order valence-electron chi connectivity index (χ0n) is 16.0. The van der Waals surface area contributed by atoms with Gasteiger partial charge in [0, 0.05) is 10.8 Å². The molecule has 0 unspecified atom stereocenters. The molecule has 11 heteroatoms. The third-order valence-corrected chi connectivity index (χ3v) is 5.57. The maximum absolute atomic E-state index is 11.0. The van der Waals surface area contributed by atoms with E-state index in [2.05, 4.69) is 15.6 Å². The number of thioether (sulfide) groups is 1. The number of nitrogens with zero attached hydrogens (tertiary/aromatic N) is 3. The van der Waals surface area contributed by atoms with E-state index in [-0.39, 0.29) is 12.4 Å². The predicted molar refractivity (Wildman–Crippen MR) is 117 cm³/mol. The summed E-state index contributed by atoms with van der Waals surface area (Å²) in [5.41, 5.74) is 10.2. The molecule has 0 atom stereocenters. The van der Waals surface area contributed by atoms with Crippen LogP contribution in [-0.4, -0.2) is 34.5 Å². The minimum atomic E-state index is -0.603. The van der Waals surface area contributed by atoms with E-state index >= 15 is 0 Å².